The third-order valence-electron chi connectivity index (χ3n) is 5.71. The Bertz CT molecular complexity index is 301. The lowest BCUT2D eigenvalue weighted by Gasteiger charge is -2.07. The summed E-state index contributed by atoms with van der Waals surface area (Å²) in [5.41, 5.74) is 0. The van der Waals surface area contributed by atoms with Crippen molar-refractivity contribution in [1.82, 2.24) is 0 Å². The largest absolute Gasteiger partial charge is 0.496 e. The zero-order valence-electron chi connectivity index (χ0n) is 19.3. The Hall–Kier alpha value is -0.500. The van der Waals surface area contributed by atoms with Gasteiger partial charge in [-0.1, -0.05) is 135 Å². The van der Waals surface area contributed by atoms with Crippen LogP contribution in [-0.4, -0.2) is 18.3 Å². The van der Waals surface area contributed by atoms with Crippen LogP contribution in [0, 0.1) is 0 Å². The summed E-state index contributed by atoms with van der Waals surface area (Å²) >= 11 is 0. The maximum atomic E-state index is 8.69. The molecule has 2 heteroatoms. The number of aliphatic hydroxyl groups excluding tert-OH is 1. The summed E-state index contributed by atoms with van der Waals surface area (Å²) in [6.45, 7) is 6.64. The van der Waals surface area contributed by atoms with E-state index in [1.165, 1.54) is 128 Å². The van der Waals surface area contributed by atoms with E-state index in [0.717, 1.165) is 12.2 Å². The van der Waals surface area contributed by atoms with Gasteiger partial charge in [-0.05, 0) is 6.42 Å². The average molecular weight is 397 g/mol. The van der Waals surface area contributed by atoms with Crippen LogP contribution in [0.15, 0.2) is 12.3 Å². The number of hydrogen-bond acceptors (Lipinski definition) is 2. The molecule has 0 aliphatic carbocycles. The van der Waals surface area contributed by atoms with Crippen molar-refractivity contribution in [2.75, 3.05) is 13.2 Å². The van der Waals surface area contributed by atoms with Crippen LogP contribution in [0.5, 0.6) is 0 Å². The van der Waals surface area contributed by atoms with Crippen LogP contribution in [0.25, 0.3) is 0 Å². The van der Waals surface area contributed by atoms with Crippen LogP contribution in [0.3, 0.4) is 0 Å². The molecule has 0 bridgehead atoms. The van der Waals surface area contributed by atoms with Gasteiger partial charge in [0, 0.05) is 6.42 Å². The normalized spacial score (nSPS) is 11.1. The van der Waals surface area contributed by atoms with Crippen molar-refractivity contribution in [3.63, 3.8) is 0 Å². The van der Waals surface area contributed by atoms with E-state index >= 15 is 0 Å². The molecule has 168 valence electrons. The molecular formula is C26H52O2. The molecule has 2 nitrogen and oxygen atoms in total. The lowest BCUT2D eigenvalue weighted by atomic mass is 10.0. The average Bonchev–Trinajstić information content (AvgIpc) is 2.70. The molecule has 0 saturated heterocycles. The van der Waals surface area contributed by atoms with Crippen molar-refractivity contribution < 1.29 is 9.84 Å². The number of ether oxygens (including phenoxy) is 1. The first-order valence-corrected chi connectivity index (χ1v) is 12.7. The zero-order chi connectivity index (χ0) is 20.5. The highest BCUT2D eigenvalue weighted by molar-refractivity contribution is 4.81. The number of rotatable bonds is 24. The van der Waals surface area contributed by atoms with Gasteiger partial charge in [0.05, 0.1) is 12.4 Å². The topological polar surface area (TPSA) is 29.5 Å². The molecule has 0 radical (unpaired) electrons. The van der Waals surface area contributed by atoms with E-state index < -0.39 is 0 Å². The lowest BCUT2D eigenvalue weighted by molar-refractivity contribution is 0.139. The second-order valence-electron chi connectivity index (χ2n) is 8.58. The highest BCUT2D eigenvalue weighted by Crippen LogP contribution is 2.15. The van der Waals surface area contributed by atoms with Gasteiger partial charge in [0.15, 0.2) is 0 Å². The molecule has 0 aromatic heterocycles. The van der Waals surface area contributed by atoms with Crippen LogP contribution in [0.2, 0.25) is 0 Å². The molecule has 0 heterocycles. The van der Waals surface area contributed by atoms with E-state index in [2.05, 4.69) is 13.5 Å². The van der Waals surface area contributed by atoms with E-state index in [-0.39, 0.29) is 6.61 Å². The molecule has 0 aliphatic rings. The lowest BCUT2D eigenvalue weighted by Crippen LogP contribution is -1.98. The molecule has 1 N–H and O–H groups in total. The minimum Gasteiger partial charge on any atom is -0.496 e. The van der Waals surface area contributed by atoms with E-state index in [4.69, 9.17) is 9.84 Å². The fourth-order valence-electron chi connectivity index (χ4n) is 3.84. The first-order valence-electron chi connectivity index (χ1n) is 12.7. The van der Waals surface area contributed by atoms with Crippen LogP contribution >= 0.6 is 0 Å². The number of unbranched alkanes of at least 4 members (excludes halogenated alkanes) is 19. The van der Waals surface area contributed by atoms with E-state index in [1.807, 2.05) is 0 Å². The minimum absolute atomic E-state index is 0.0816. The van der Waals surface area contributed by atoms with E-state index in [1.54, 1.807) is 0 Å². The van der Waals surface area contributed by atoms with Crippen molar-refractivity contribution >= 4 is 0 Å². The molecule has 28 heavy (non-hydrogen) atoms. The highest BCUT2D eigenvalue weighted by Gasteiger charge is 1.97. The Balaban J connectivity index is 3.04. The highest BCUT2D eigenvalue weighted by atomic mass is 16.5. The predicted octanol–water partition coefficient (Wildman–Crippen LogP) is 8.72. The monoisotopic (exact) mass is 396 g/mol. The second-order valence-corrected chi connectivity index (χ2v) is 8.58. The van der Waals surface area contributed by atoms with Gasteiger partial charge in [-0.2, -0.15) is 0 Å². The number of aliphatic hydroxyl groups is 1. The molecule has 0 unspecified atom stereocenters. The van der Waals surface area contributed by atoms with Gasteiger partial charge in [-0.3, -0.25) is 0 Å². The van der Waals surface area contributed by atoms with Crippen molar-refractivity contribution in [2.24, 2.45) is 0 Å². The summed E-state index contributed by atoms with van der Waals surface area (Å²) in [5, 5.41) is 8.69. The molecule has 0 aromatic carbocycles. The van der Waals surface area contributed by atoms with Gasteiger partial charge in [0.2, 0.25) is 0 Å². The standard InChI is InChI=1S/C26H52O2/c1-3-4-5-6-7-8-9-10-11-12-13-14-15-16-17-18-19-20-21-22-23-26(2)28-25-24-27/h27H,2-25H2,1H3. The summed E-state index contributed by atoms with van der Waals surface area (Å²) < 4.78 is 5.29. The number of allylic oxidation sites excluding steroid dienone is 1. The van der Waals surface area contributed by atoms with Crippen molar-refractivity contribution in [2.45, 2.75) is 142 Å². The molecule has 0 atom stereocenters. The third kappa shape index (κ3) is 23.5. The van der Waals surface area contributed by atoms with Gasteiger partial charge < -0.3 is 9.84 Å². The van der Waals surface area contributed by atoms with E-state index in [9.17, 15) is 0 Å². The van der Waals surface area contributed by atoms with Crippen LogP contribution < -0.4 is 0 Å². The molecule has 0 aromatic rings. The van der Waals surface area contributed by atoms with Crippen molar-refractivity contribution in [1.29, 1.82) is 0 Å². The van der Waals surface area contributed by atoms with Gasteiger partial charge in [0.25, 0.3) is 0 Å². The predicted molar refractivity (Wildman–Crippen MR) is 125 cm³/mol. The van der Waals surface area contributed by atoms with Crippen molar-refractivity contribution in [3.05, 3.63) is 12.3 Å². The fraction of sp³-hybridized carbons (Fsp3) is 0.923. The summed E-state index contributed by atoms with van der Waals surface area (Å²) in [4.78, 5) is 0. The summed E-state index contributed by atoms with van der Waals surface area (Å²) in [5.74, 6) is 0.830. The van der Waals surface area contributed by atoms with Crippen molar-refractivity contribution in [3.8, 4) is 0 Å². The first kappa shape index (κ1) is 27.5. The Morgan fingerprint density at radius 1 is 0.571 bits per heavy atom. The molecular weight excluding hydrogens is 344 g/mol. The molecule has 0 spiro atoms. The summed E-state index contributed by atoms with van der Waals surface area (Å²) in [6.07, 6.45) is 29.2. The first-order chi connectivity index (χ1) is 13.8. The Kier molecular flexibility index (Phi) is 24.1. The smallest absolute Gasteiger partial charge is 0.111 e. The molecule has 0 amide bonds. The van der Waals surface area contributed by atoms with Gasteiger partial charge in [-0.25, -0.2) is 0 Å². The SMILES string of the molecule is C=C(CCCCCCCCCCCCCCCCCCCCCC)OCCO. The van der Waals surface area contributed by atoms with Crippen LogP contribution in [0.4, 0.5) is 0 Å². The van der Waals surface area contributed by atoms with Crippen LogP contribution in [0.1, 0.15) is 142 Å². The molecule has 0 saturated carbocycles. The zero-order valence-corrected chi connectivity index (χ0v) is 19.3. The van der Waals surface area contributed by atoms with Gasteiger partial charge in [0.1, 0.15) is 6.61 Å². The Labute approximate surface area is 177 Å². The second kappa shape index (κ2) is 24.5. The Morgan fingerprint density at radius 3 is 1.21 bits per heavy atom. The van der Waals surface area contributed by atoms with Gasteiger partial charge >= 0.3 is 0 Å². The minimum atomic E-state index is 0.0816. The molecule has 0 fully saturated rings. The number of hydrogen-bond donors (Lipinski definition) is 1. The van der Waals surface area contributed by atoms with E-state index in [0.29, 0.717) is 6.61 Å². The van der Waals surface area contributed by atoms with Gasteiger partial charge in [-0.15, -0.1) is 0 Å². The summed E-state index contributed by atoms with van der Waals surface area (Å²) in [7, 11) is 0. The van der Waals surface area contributed by atoms with Crippen LogP contribution in [-0.2, 0) is 4.74 Å². The maximum absolute atomic E-state index is 8.69. The summed E-state index contributed by atoms with van der Waals surface area (Å²) in [6, 6.07) is 0. The fourth-order valence-corrected chi connectivity index (χ4v) is 3.84. The molecule has 0 aliphatic heterocycles. The Morgan fingerprint density at radius 2 is 0.893 bits per heavy atom. The molecule has 0 rings (SSSR count). The quantitative estimate of drug-likeness (QED) is 0.130. The maximum Gasteiger partial charge on any atom is 0.111 e. The third-order valence-corrected chi connectivity index (χ3v) is 5.71.